The van der Waals surface area contributed by atoms with Gasteiger partial charge in [-0.1, -0.05) is 26.1 Å². The third-order valence-corrected chi connectivity index (χ3v) is 3.30. The van der Waals surface area contributed by atoms with Crippen LogP contribution in [0.15, 0.2) is 6.20 Å². The van der Waals surface area contributed by atoms with Crippen molar-refractivity contribution in [1.82, 2.24) is 10.2 Å². The minimum Gasteiger partial charge on any atom is -0.389 e. The molecule has 0 aromatic carbocycles. The molecule has 7 heteroatoms. The minimum absolute atomic E-state index is 0.0987. The molecular weight excluding hydrogens is 240 g/mol. The smallest absolute Gasteiger partial charge is 0.238 e. The first-order valence-electron chi connectivity index (χ1n) is 5.16. The van der Waals surface area contributed by atoms with Gasteiger partial charge in [-0.25, -0.2) is 4.90 Å². The molecule has 1 saturated heterocycles. The van der Waals surface area contributed by atoms with Crippen LogP contribution < -0.4 is 10.6 Å². The van der Waals surface area contributed by atoms with Crippen molar-refractivity contribution in [1.29, 1.82) is 0 Å². The molecule has 0 spiro atoms. The van der Waals surface area contributed by atoms with Gasteiger partial charge in [0.1, 0.15) is 10.8 Å². The maximum absolute atomic E-state index is 12.0. The van der Waals surface area contributed by atoms with Gasteiger partial charge in [0, 0.05) is 11.8 Å². The number of carbonyl (C=O) groups is 2. The Morgan fingerprint density at radius 1 is 1.41 bits per heavy atom. The maximum atomic E-state index is 12.0. The number of aromatic amines is 1. The molecular formula is C10H12N4O2S. The van der Waals surface area contributed by atoms with Crippen LogP contribution in [0, 0.1) is 11.8 Å². The van der Waals surface area contributed by atoms with Crippen LogP contribution >= 0.6 is 12.2 Å². The lowest BCUT2D eigenvalue weighted by Crippen LogP contribution is -2.32. The molecule has 90 valence electrons. The average Bonchev–Trinajstić information content (AvgIpc) is 2.81. The molecule has 1 aromatic heterocycles. The molecule has 1 aliphatic heterocycles. The van der Waals surface area contributed by atoms with Crippen LogP contribution in [0.2, 0.25) is 0 Å². The van der Waals surface area contributed by atoms with Gasteiger partial charge < -0.3 is 5.73 Å². The van der Waals surface area contributed by atoms with Crippen LogP contribution in [-0.2, 0) is 9.59 Å². The predicted molar refractivity (Wildman–Crippen MR) is 65.3 cm³/mol. The van der Waals surface area contributed by atoms with E-state index in [4.69, 9.17) is 18.0 Å². The maximum Gasteiger partial charge on any atom is 0.238 e. The summed E-state index contributed by atoms with van der Waals surface area (Å²) < 4.78 is 0. The van der Waals surface area contributed by atoms with Crippen LogP contribution in [0.25, 0.3) is 0 Å². The fourth-order valence-corrected chi connectivity index (χ4v) is 1.94. The molecule has 2 heterocycles. The van der Waals surface area contributed by atoms with E-state index in [1.165, 1.54) is 6.20 Å². The molecule has 17 heavy (non-hydrogen) atoms. The summed E-state index contributed by atoms with van der Waals surface area (Å²) in [7, 11) is 0. The number of carbonyl (C=O) groups excluding carboxylic acids is 2. The van der Waals surface area contributed by atoms with Gasteiger partial charge in [0.05, 0.1) is 11.8 Å². The topological polar surface area (TPSA) is 92.1 Å². The van der Waals surface area contributed by atoms with Crippen LogP contribution in [0.3, 0.4) is 0 Å². The summed E-state index contributed by atoms with van der Waals surface area (Å²) in [6, 6.07) is 0. The third-order valence-electron chi connectivity index (χ3n) is 3.08. The molecule has 2 amide bonds. The van der Waals surface area contributed by atoms with Gasteiger partial charge in [-0.3, -0.25) is 14.7 Å². The van der Waals surface area contributed by atoms with Crippen molar-refractivity contribution in [3.63, 3.8) is 0 Å². The minimum atomic E-state index is -0.343. The lowest BCUT2D eigenvalue weighted by Gasteiger charge is -2.13. The van der Waals surface area contributed by atoms with Gasteiger partial charge in [0.2, 0.25) is 11.8 Å². The highest BCUT2D eigenvalue weighted by atomic mass is 32.1. The summed E-state index contributed by atoms with van der Waals surface area (Å²) in [6.07, 6.45) is 1.41. The van der Waals surface area contributed by atoms with Crippen molar-refractivity contribution < 1.29 is 9.59 Å². The molecule has 1 fully saturated rings. The standard InChI is InChI=1S/C10H12N4O2S/c1-4-5(2)10(16)14(9(4)15)8-6(7(11)17)3-12-13-8/h3-5H,1-2H3,(H2,11,17)(H,12,13). The summed E-state index contributed by atoms with van der Waals surface area (Å²) in [5.41, 5.74) is 5.91. The van der Waals surface area contributed by atoms with Crippen LogP contribution in [0.1, 0.15) is 19.4 Å². The monoisotopic (exact) mass is 252 g/mol. The van der Waals surface area contributed by atoms with Gasteiger partial charge >= 0.3 is 0 Å². The van der Waals surface area contributed by atoms with E-state index in [0.29, 0.717) is 5.56 Å². The number of aromatic nitrogens is 2. The van der Waals surface area contributed by atoms with E-state index < -0.39 is 0 Å². The van der Waals surface area contributed by atoms with Gasteiger partial charge in [0.15, 0.2) is 0 Å². The number of thiocarbonyl (C=S) groups is 1. The summed E-state index contributed by atoms with van der Waals surface area (Å²) in [4.78, 5) is 25.1. The van der Waals surface area contributed by atoms with E-state index in [1.807, 2.05) is 0 Å². The van der Waals surface area contributed by atoms with Crippen LogP contribution in [0.4, 0.5) is 5.82 Å². The predicted octanol–water partition coefficient (Wildman–Crippen LogP) is 0.189. The summed E-state index contributed by atoms with van der Waals surface area (Å²) in [6.45, 7) is 3.45. The molecule has 1 aromatic rings. The van der Waals surface area contributed by atoms with E-state index in [1.54, 1.807) is 13.8 Å². The van der Waals surface area contributed by atoms with Crippen LogP contribution in [0.5, 0.6) is 0 Å². The second kappa shape index (κ2) is 3.92. The SMILES string of the molecule is CC1C(=O)N(c2[nH]ncc2C(N)=S)C(=O)C1C. The Bertz CT molecular complexity index is 490. The second-order valence-corrected chi connectivity index (χ2v) is 4.53. The Balaban J connectivity index is 2.47. The lowest BCUT2D eigenvalue weighted by molar-refractivity contribution is -0.122. The fourth-order valence-electron chi connectivity index (χ4n) is 1.79. The Kier molecular flexibility index (Phi) is 2.70. The first-order valence-corrected chi connectivity index (χ1v) is 5.57. The van der Waals surface area contributed by atoms with Crippen molar-refractivity contribution in [2.75, 3.05) is 4.90 Å². The average molecular weight is 252 g/mol. The van der Waals surface area contributed by atoms with E-state index in [9.17, 15) is 9.59 Å². The van der Waals surface area contributed by atoms with Crippen molar-refractivity contribution in [3.05, 3.63) is 11.8 Å². The number of rotatable bonds is 2. The fraction of sp³-hybridized carbons (Fsp3) is 0.400. The summed E-state index contributed by atoms with van der Waals surface area (Å²) >= 11 is 4.84. The Morgan fingerprint density at radius 3 is 2.41 bits per heavy atom. The highest BCUT2D eigenvalue weighted by Gasteiger charge is 2.44. The van der Waals surface area contributed by atoms with Crippen molar-refractivity contribution >= 4 is 34.8 Å². The number of nitrogens with one attached hydrogen (secondary N) is 1. The Morgan fingerprint density at radius 2 is 1.94 bits per heavy atom. The van der Waals surface area contributed by atoms with E-state index in [0.717, 1.165) is 4.90 Å². The highest BCUT2D eigenvalue weighted by molar-refractivity contribution is 7.80. The molecule has 3 N–H and O–H groups in total. The lowest BCUT2D eigenvalue weighted by atomic mass is 10.00. The number of imide groups is 1. The largest absolute Gasteiger partial charge is 0.389 e. The van der Waals surface area contributed by atoms with E-state index >= 15 is 0 Å². The molecule has 2 atom stereocenters. The zero-order valence-electron chi connectivity index (χ0n) is 9.43. The van der Waals surface area contributed by atoms with Gasteiger partial charge in [-0.05, 0) is 0 Å². The van der Waals surface area contributed by atoms with Gasteiger partial charge in [0.25, 0.3) is 0 Å². The van der Waals surface area contributed by atoms with Gasteiger partial charge in [-0.2, -0.15) is 5.10 Å². The zero-order chi connectivity index (χ0) is 12.7. The molecule has 1 aliphatic rings. The number of anilines is 1. The Labute approximate surface area is 103 Å². The first kappa shape index (κ1) is 11.7. The molecule has 0 aliphatic carbocycles. The summed E-state index contributed by atoms with van der Waals surface area (Å²) in [5.74, 6) is -0.938. The number of nitrogens with two attached hydrogens (primary N) is 1. The quantitative estimate of drug-likeness (QED) is 0.579. The van der Waals surface area contributed by atoms with Crippen LogP contribution in [-0.4, -0.2) is 27.0 Å². The number of amides is 2. The molecule has 6 nitrogen and oxygen atoms in total. The molecule has 2 rings (SSSR count). The number of hydrogen-bond acceptors (Lipinski definition) is 4. The van der Waals surface area contributed by atoms with Crippen molar-refractivity contribution in [2.24, 2.45) is 17.6 Å². The number of H-pyrrole nitrogens is 1. The highest BCUT2D eigenvalue weighted by Crippen LogP contribution is 2.30. The molecule has 0 saturated carbocycles. The van der Waals surface area contributed by atoms with Crippen molar-refractivity contribution in [2.45, 2.75) is 13.8 Å². The van der Waals surface area contributed by atoms with E-state index in [2.05, 4.69) is 10.2 Å². The third kappa shape index (κ3) is 1.62. The normalized spacial score (nSPS) is 24.5. The first-order chi connectivity index (χ1) is 7.95. The second-order valence-electron chi connectivity index (χ2n) is 4.09. The Hall–Kier alpha value is -1.76. The molecule has 2 unspecified atom stereocenters. The van der Waals surface area contributed by atoms with Gasteiger partial charge in [-0.15, -0.1) is 0 Å². The van der Waals surface area contributed by atoms with E-state index in [-0.39, 0.29) is 34.5 Å². The summed E-state index contributed by atoms with van der Waals surface area (Å²) in [5, 5.41) is 6.37. The van der Waals surface area contributed by atoms with Crippen molar-refractivity contribution in [3.8, 4) is 0 Å². The molecule has 0 bridgehead atoms. The molecule has 0 radical (unpaired) electrons. The zero-order valence-corrected chi connectivity index (χ0v) is 10.2. The number of hydrogen-bond donors (Lipinski definition) is 2. The number of nitrogens with zero attached hydrogens (tertiary/aromatic N) is 2.